The van der Waals surface area contributed by atoms with Gasteiger partial charge in [-0.15, -0.1) is 0 Å². The number of fused-ring (bicyclic) bond motifs is 2. The normalized spacial score (nSPS) is 16.6. The van der Waals surface area contributed by atoms with Crippen LogP contribution in [0.3, 0.4) is 0 Å². The maximum Gasteiger partial charge on any atom is 0.146 e. The molecule has 2 aliphatic heterocycles. The van der Waals surface area contributed by atoms with Crippen molar-refractivity contribution < 1.29 is 9.47 Å². The summed E-state index contributed by atoms with van der Waals surface area (Å²) in [6.45, 7) is 0.794. The highest BCUT2D eigenvalue weighted by atomic mass is 16.5. The highest BCUT2D eigenvalue weighted by molar-refractivity contribution is 6.29. The molecule has 0 unspecified atom stereocenters. The number of benzene rings is 5. The molecule has 0 saturated carbocycles. The zero-order valence-electron chi connectivity index (χ0n) is 23.0. The second kappa shape index (κ2) is 10.4. The van der Waals surface area contributed by atoms with Crippen LogP contribution in [0.4, 0.5) is 17.1 Å². The number of para-hydroxylation sites is 1. The molecule has 2 aliphatic rings. The number of hydrogen-bond acceptors (Lipinski definition) is 4. The van der Waals surface area contributed by atoms with E-state index in [0.29, 0.717) is 0 Å². The molecule has 0 saturated heterocycles. The van der Waals surface area contributed by atoms with E-state index in [4.69, 9.17) is 14.5 Å². The Hall–Kier alpha value is -5.29. The molecule has 0 amide bonds. The van der Waals surface area contributed by atoms with Crippen molar-refractivity contribution in [3.05, 3.63) is 150 Å². The van der Waals surface area contributed by atoms with E-state index in [1.807, 2.05) is 36.4 Å². The number of nitrogens with zero attached hydrogens (tertiary/aromatic N) is 3. The summed E-state index contributed by atoms with van der Waals surface area (Å²) in [4.78, 5) is 9.97. The second-order valence-electron chi connectivity index (χ2n) is 9.99. The van der Waals surface area contributed by atoms with Gasteiger partial charge in [-0.2, -0.15) is 0 Å². The van der Waals surface area contributed by atoms with Gasteiger partial charge in [-0.05, 0) is 66.2 Å². The number of ether oxygens (including phenoxy) is 2. The molecule has 5 aromatic rings. The third-order valence-electron chi connectivity index (χ3n) is 7.66. The minimum atomic E-state index is 0.794. The Morgan fingerprint density at radius 3 is 1.80 bits per heavy atom. The molecule has 0 atom stereocenters. The Morgan fingerprint density at radius 2 is 1.12 bits per heavy atom. The lowest BCUT2D eigenvalue weighted by molar-refractivity contribution is 0.415. The fraction of sp³-hybridized carbons (Fsp3) is 0.0833. The standard InChI is InChI=1S/C36H29N3O2/c1-40-29-20-16-26(17-21-29)37-36-33-15-9-8-14-32(33)35(39(36)28-18-22-30(41-2)23-19-28)34-31-13-7-6-10-25(31)24-38(34)27-11-4-3-5-12-27/h3-23H,24H2,1-2H3/b35-34-,37-36?. The summed E-state index contributed by atoms with van der Waals surface area (Å²) in [5.74, 6) is 2.48. The van der Waals surface area contributed by atoms with Crippen LogP contribution < -0.4 is 19.3 Å². The van der Waals surface area contributed by atoms with Gasteiger partial charge < -0.3 is 14.4 Å². The largest absolute Gasteiger partial charge is 0.497 e. The van der Waals surface area contributed by atoms with Crippen molar-refractivity contribution in [2.75, 3.05) is 24.0 Å². The fourth-order valence-electron chi connectivity index (χ4n) is 5.70. The minimum absolute atomic E-state index is 0.794. The topological polar surface area (TPSA) is 37.3 Å². The van der Waals surface area contributed by atoms with E-state index < -0.39 is 0 Å². The van der Waals surface area contributed by atoms with Gasteiger partial charge >= 0.3 is 0 Å². The van der Waals surface area contributed by atoms with Crippen LogP contribution in [0, 0.1) is 0 Å². The predicted octanol–water partition coefficient (Wildman–Crippen LogP) is 8.15. The van der Waals surface area contributed by atoms with Gasteiger partial charge in [0.05, 0.1) is 31.3 Å². The van der Waals surface area contributed by atoms with Crippen LogP contribution in [0.5, 0.6) is 11.5 Å². The van der Waals surface area contributed by atoms with Gasteiger partial charge in [-0.3, -0.25) is 4.90 Å². The van der Waals surface area contributed by atoms with Crippen molar-refractivity contribution >= 4 is 34.3 Å². The van der Waals surface area contributed by atoms with Gasteiger partial charge in [0, 0.05) is 34.6 Å². The molecule has 0 radical (unpaired) electrons. The molecule has 200 valence electrons. The van der Waals surface area contributed by atoms with Gasteiger partial charge in [0.2, 0.25) is 0 Å². The first kappa shape index (κ1) is 24.7. The second-order valence-corrected chi connectivity index (χ2v) is 9.99. The quantitative estimate of drug-likeness (QED) is 0.228. The highest BCUT2D eigenvalue weighted by Crippen LogP contribution is 2.48. The van der Waals surface area contributed by atoms with E-state index >= 15 is 0 Å². The van der Waals surface area contributed by atoms with Crippen LogP contribution in [0.15, 0.2) is 132 Å². The fourth-order valence-corrected chi connectivity index (χ4v) is 5.70. The van der Waals surface area contributed by atoms with Crippen LogP contribution in [0.1, 0.15) is 22.3 Å². The van der Waals surface area contributed by atoms with Crippen LogP contribution in [0.2, 0.25) is 0 Å². The van der Waals surface area contributed by atoms with Gasteiger partial charge in [0.25, 0.3) is 0 Å². The van der Waals surface area contributed by atoms with E-state index in [9.17, 15) is 0 Å². The lowest BCUT2D eigenvalue weighted by Gasteiger charge is -2.28. The van der Waals surface area contributed by atoms with Crippen molar-refractivity contribution in [2.45, 2.75) is 6.54 Å². The molecule has 0 spiro atoms. The van der Waals surface area contributed by atoms with Crippen LogP contribution in [0.25, 0.3) is 11.4 Å². The molecule has 41 heavy (non-hydrogen) atoms. The van der Waals surface area contributed by atoms with Crippen molar-refractivity contribution in [2.24, 2.45) is 4.99 Å². The lowest BCUT2D eigenvalue weighted by Crippen LogP contribution is -2.26. The molecular weight excluding hydrogens is 506 g/mol. The summed E-state index contributed by atoms with van der Waals surface area (Å²) >= 11 is 0. The highest BCUT2D eigenvalue weighted by Gasteiger charge is 2.38. The summed E-state index contributed by atoms with van der Waals surface area (Å²) < 4.78 is 10.9. The summed E-state index contributed by atoms with van der Waals surface area (Å²) in [6, 6.07) is 44.0. The first-order chi connectivity index (χ1) is 20.2. The molecular formula is C36H29N3O2. The van der Waals surface area contributed by atoms with Gasteiger partial charge in [0.15, 0.2) is 0 Å². The molecule has 2 heterocycles. The molecule has 0 aromatic heterocycles. The summed E-state index contributed by atoms with van der Waals surface area (Å²) in [5.41, 5.74) is 10.0. The SMILES string of the molecule is COc1ccc(N=C2c3ccccc3/C(=C3\c4ccccc4CN3c3ccccc3)N2c2ccc(OC)cc2)cc1. The number of amidine groups is 1. The van der Waals surface area contributed by atoms with E-state index in [1.165, 1.54) is 11.1 Å². The summed E-state index contributed by atoms with van der Waals surface area (Å²) in [6.07, 6.45) is 0. The summed E-state index contributed by atoms with van der Waals surface area (Å²) in [5, 5.41) is 0. The smallest absolute Gasteiger partial charge is 0.146 e. The van der Waals surface area contributed by atoms with E-state index in [0.717, 1.165) is 63.5 Å². The number of rotatable bonds is 5. The van der Waals surface area contributed by atoms with Crippen molar-refractivity contribution in [3.63, 3.8) is 0 Å². The van der Waals surface area contributed by atoms with Crippen LogP contribution in [-0.4, -0.2) is 20.1 Å². The average Bonchev–Trinajstić information content (AvgIpc) is 3.57. The minimum Gasteiger partial charge on any atom is -0.497 e. The third kappa shape index (κ3) is 4.32. The zero-order chi connectivity index (χ0) is 27.8. The van der Waals surface area contributed by atoms with Crippen molar-refractivity contribution in [1.29, 1.82) is 0 Å². The zero-order valence-corrected chi connectivity index (χ0v) is 23.0. The van der Waals surface area contributed by atoms with Gasteiger partial charge in [-0.1, -0.05) is 66.7 Å². The Morgan fingerprint density at radius 1 is 0.537 bits per heavy atom. The molecule has 0 aliphatic carbocycles. The molecule has 5 heteroatoms. The Balaban J connectivity index is 1.53. The number of methoxy groups -OCH3 is 2. The first-order valence-electron chi connectivity index (χ1n) is 13.7. The van der Waals surface area contributed by atoms with E-state index in [-0.39, 0.29) is 0 Å². The Kier molecular flexibility index (Phi) is 6.25. The van der Waals surface area contributed by atoms with Gasteiger partial charge in [-0.25, -0.2) is 4.99 Å². The Labute approximate surface area is 240 Å². The lowest BCUT2D eigenvalue weighted by atomic mass is 10.0. The summed E-state index contributed by atoms with van der Waals surface area (Å²) in [7, 11) is 3.37. The first-order valence-corrected chi connectivity index (χ1v) is 13.7. The van der Waals surface area contributed by atoms with Crippen molar-refractivity contribution in [1.82, 2.24) is 0 Å². The third-order valence-corrected chi connectivity index (χ3v) is 7.66. The number of hydrogen-bond donors (Lipinski definition) is 0. The molecule has 0 fully saturated rings. The monoisotopic (exact) mass is 535 g/mol. The molecule has 7 rings (SSSR count). The molecule has 5 nitrogen and oxygen atoms in total. The molecule has 0 bridgehead atoms. The van der Waals surface area contributed by atoms with E-state index in [1.54, 1.807) is 14.2 Å². The van der Waals surface area contributed by atoms with E-state index in [2.05, 4.69) is 101 Å². The molecule has 5 aromatic carbocycles. The number of aliphatic imine (C=N–C) groups is 1. The predicted molar refractivity (Wildman–Crippen MR) is 167 cm³/mol. The van der Waals surface area contributed by atoms with Crippen LogP contribution in [-0.2, 0) is 6.54 Å². The van der Waals surface area contributed by atoms with Crippen molar-refractivity contribution in [3.8, 4) is 11.5 Å². The van der Waals surface area contributed by atoms with Gasteiger partial charge in [0.1, 0.15) is 17.3 Å². The maximum atomic E-state index is 5.51. The average molecular weight is 536 g/mol. The maximum absolute atomic E-state index is 5.51. The van der Waals surface area contributed by atoms with Crippen LogP contribution >= 0.6 is 0 Å². The number of anilines is 2. The Bertz CT molecular complexity index is 1770. The molecule has 0 N–H and O–H groups in total.